The van der Waals surface area contributed by atoms with Crippen LogP contribution in [-0.2, 0) is 11.2 Å². The van der Waals surface area contributed by atoms with Gasteiger partial charge in [-0.3, -0.25) is 9.36 Å². The molecule has 0 fully saturated rings. The molecule has 0 N–H and O–H groups in total. The number of hydrogen-bond donors (Lipinski definition) is 0. The van der Waals surface area contributed by atoms with E-state index in [-0.39, 0.29) is 11.9 Å². The normalized spacial score (nSPS) is 15.8. The summed E-state index contributed by atoms with van der Waals surface area (Å²) in [5.41, 5.74) is 4.88. The lowest BCUT2D eigenvalue weighted by atomic mass is 9.87. The van der Waals surface area contributed by atoms with Crippen LogP contribution in [0.5, 0.6) is 0 Å². The molecule has 1 atom stereocenters. The molecule has 1 unspecified atom stereocenters. The molecule has 3 aromatic rings. The average molecular weight is 407 g/mol. The molecule has 1 aliphatic carbocycles. The van der Waals surface area contributed by atoms with E-state index in [9.17, 15) is 4.79 Å². The van der Waals surface area contributed by atoms with Gasteiger partial charge in [0.15, 0.2) is 5.16 Å². The van der Waals surface area contributed by atoms with Gasteiger partial charge in [0.05, 0.1) is 11.8 Å². The monoisotopic (exact) mass is 406 g/mol. The molecule has 1 aliphatic rings. The van der Waals surface area contributed by atoms with Crippen molar-refractivity contribution in [2.75, 3.05) is 12.8 Å². The third kappa shape index (κ3) is 4.08. The number of nitrogens with zero attached hydrogens (tertiary/aromatic N) is 4. The second kappa shape index (κ2) is 8.41. The van der Waals surface area contributed by atoms with Crippen LogP contribution in [-0.4, -0.2) is 38.4 Å². The molecule has 4 rings (SSSR count). The van der Waals surface area contributed by atoms with Crippen molar-refractivity contribution in [2.24, 2.45) is 0 Å². The SMILES string of the molecule is Cc1ccc(-n2c(C)nnc2SCC(=O)N(C)C2CCCc3ccccc32)cc1. The average Bonchev–Trinajstić information content (AvgIpc) is 3.12. The Morgan fingerprint density at radius 3 is 2.69 bits per heavy atom. The van der Waals surface area contributed by atoms with Crippen LogP contribution in [0.3, 0.4) is 0 Å². The Morgan fingerprint density at radius 2 is 1.90 bits per heavy atom. The second-order valence-corrected chi connectivity index (χ2v) is 8.54. The van der Waals surface area contributed by atoms with Crippen LogP contribution in [0.15, 0.2) is 53.7 Å². The minimum Gasteiger partial charge on any atom is -0.338 e. The predicted octanol–water partition coefficient (Wildman–Crippen LogP) is 4.51. The van der Waals surface area contributed by atoms with E-state index in [0.717, 1.165) is 35.9 Å². The van der Waals surface area contributed by atoms with E-state index in [0.29, 0.717) is 5.75 Å². The highest BCUT2D eigenvalue weighted by Crippen LogP contribution is 2.34. The molecule has 0 spiro atoms. The standard InChI is InChI=1S/C23H26N4OS/c1-16-11-13-19(14-12-16)27-17(2)24-25-23(27)29-15-22(28)26(3)21-10-6-8-18-7-4-5-9-20(18)21/h4-5,7,9,11-14,21H,6,8,10,15H2,1-3H3. The molecule has 5 nitrogen and oxygen atoms in total. The smallest absolute Gasteiger partial charge is 0.233 e. The lowest BCUT2D eigenvalue weighted by Crippen LogP contribution is -2.34. The quantitative estimate of drug-likeness (QED) is 0.585. The third-order valence-corrected chi connectivity index (χ3v) is 6.52. The fourth-order valence-electron chi connectivity index (χ4n) is 3.96. The molecular weight excluding hydrogens is 380 g/mol. The van der Waals surface area contributed by atoms with Gasteiger partial charge >= 0.3 is 0 Å². The minimum absolute atomic E-state index is 0.118. The first-order chi connectivity index (χ1) is 14.0. The summed E-state index contributed by atoms with van der Waals surface area (Å²) in [6, 6.07) is 16.9. The second-order valence-electron chi connectivity index (χ2n) is 7.60. The molecule has 0 aliphatic heterocycles. The van der Waals surface area contributed by atoms with Gasteiger partial charge in [0.25, 0.3) is 0 Å². The van der Waals surface area contributed by atoms with Crippen LogP contribution in [0.2, 0.25) is 0 Å². The summed E-state index contributed by atoms with van der Waals surface area (Å²) in [5.74, 6) is 1.28. The summed E-state index contributed by atoms with van der Waals surface area (Å²) in [4.78, 5) is 14.9. The lowest BCUT2D eigenvalue weighted by molar-refractivity contribution is -0.129. The van der Waals surface area contributed by atoms with Gasteiger partial charge in [0.2, 0.25) is 5.91 Å². The molecule has 0 bridgehead atoms. The Kier molecular flexibility index (Phi) is 5.72. The Bertz CT molecular complexity index is 1010. The molecule has 150 valence electrons. The van der Waals surface area contributed by atoms with Gasteiger partial charge in [0, 0.05) is 12.7 Å². The summed E-state index contributed by atoms with van der Waals surface area (Å²) in [6.07, 6.45) is 3.23. The van der Waals surface area contributed by atoms with Gasteiger partial charge in [-0.2, -0.15) is 0 Å². The highest BCUT2D eigenvalue weighted by Gasteiger charge is 2.26. The van der Waals surface area contributed by atoms with Crippen LogP contribution in [0.1, 0.15) is 41.4 Å². The topological polar surface area (TPSA) is 51.0 Å². The Hall–Kier alpha value is -2.60. The van der Waals surface area contributed by atoms with Gasteiger partial charge < -0.3 is 4.90 Å². The molecule has 1 heterocycles. The lowest BCUT2D eigenvalue weighted by Gasteiger charge is -2.33. The van der Waals surface area contributed by atoms with Crippen molar-refractivity contribution >= 4 is 17.7 Å². The molecule has 0 saturated carbocycles. The first kappa shape index (κ1) is 19.7. The van der Waals surface area contributed by atoms with Crippen LogP contribution >= 0.6 is 11.8 Å². The zero-order chi connectivity index (χ0) is 20.4. The van der Waals surface area contributed by atoms with Crippen LogP contribution < -0.4 is 0 Å². The number of rotatable bonds is 5. The van der Waals surface area contributed by atoms with E-state index in [1.165, 1.54) is 28.5 Å². The predicted molar refractivity (Wildman–Crippen MR) is 116 cm³/mol. The van der Waals surface area contributed by atoms with E-state index in [4.69, 9.17) is 0 Å². The number of carbonyl (C=O) groups excluding carboxylic acids is 1. The van der Waals surface area contributed by atoms with Crippen molar-refractivity contribution in [3.05, 3.63) is 71.0 Å². The number of carbonyl (C=O) groups is 1. The minimum atomic E-state index is 0.118. The highest BCUT2D eigenvalue weighted by molar-refractivity contribution is 7.99. The first-order valence-electron chi connectivity index (χ1n) is 10.00. The Labute approximate surface area is 176 Å². The van der Waals surface area contributed by atoms with E-state index < -0.39 is 0 Å². The number of aromatic nitrogens is 3. The van der Waals surface area contributed by atoms with Gasteiger partial charge in [0.1, 0.15) is 5.82 Å². The fourth-order valence-corrected chi connectivity index (χ4v) is 4.88. The van der Waals surface area contributed by atoms with Crippen molar-refractivity contribution in [1.82, 2.24) is 19.7 Å². The van der Waals surface area contributed by atoms with Gasteiger partial charge in [-0.25, -0.2) is 0 Å². The van der Waals surface area contributed by atoms with Crippen LogP contribution in [0, 0.1) is 13.8 Å². The van der Waals surface area contributed by atoms with Gasteiger partial charge in [-0.15, -0.1) is 10.2 Å². The summed E-state index contributed by atoms with van der Waals surface area (Å²) in [7, 11) is 1.92. The largest absolute Gasteiger partial charge is 0.338 e. The van der Waals surface area contributed by atoms with E-state index >= 15 is 0 Å². The van der Waals surface area contributed by atoms with Crippen molar-refractivity contribution < 1.29 is 4.79 Å². The molecular formula is C23H26N4OS. The molecule has 1 aromatic heterocycles. The van der Waals surface area contributed by atoms with Crippen molar-refractivity contribution in [1.29, 1.82) is 0 Å². The van der Waals surface area contributed by atoms with E-state index in [1.807, 2.05) is 23.4 Å². The molecule has 0 saturated heterocycles. The maximum Gasteiger partial charge on any atom is 0.233 e. The van der Waals surface area contributed by atoms with Crippen molar-refractivity contribution in [3.8, 4) is 5.69 Å². The Balaban J connectivity index is 1.48. The van der Waals surface area contributed by atoms with Crippen LogP contribution in [0.25, 0.3) is 5.69 Å². The third-order valence-electron chi connectivity index (χ3n) is 5.61. The van der Waals surface area contributed by atoms with E-state index in [2.05, 4.69) is 65.7 Å². The Morgan fingerprint density at radius 1 is 1.14 bits per heavy atom. The number of fused-ring (bicyclic) bond motifs is 1. The maximum atomic E-state index is 13.0. The zero-order valence-electron chi connectivity index (χ0n) is 17.1. The number of hydrogen-bond acceptors (Lipinski definition) is 4. The zero-order valence-corrected chi connectivity index (χ0v) is 17.9. The maximum absolute atomic E-state index is 13.0. The first-order valence-corrected chi connectivity index (χ1v) is 11.0. The highest BCUT2D eigenvalue weighted by atomic mass is 32.2. The van der Waals surface area contributed by atoms with Crippen molar-refractivity contribution in [3.63, 3.8) is 0 Å². The number of benzene rings is 2. The molecule has 1 amide bonds. The molecule has 2 aromatic carbocycles. The summed E-state index contributed by atoms with van der Waals surface area (Å²) in [5, 5.41) is 9.27. The number of aryl methyl sites for hydroxylation is 3. The summed E-state index contributed by atoms with van der Waals surface area (Å²) >= 11 is 1.45. The number of thioether (sulfide) groups is 1. The van der Waals surface area contributed by atoms with Gasteiger partial charge in [-0.05, 0) is 56.4 Å². The fraction of sp³-hybridized carbons (Fsp3) is 0.348. The van der Waals surface area contributed by atoms with Crippen molar-refractivity contribution in [2.45, 2.75) is 44.3 Å². The summed E-state index contributed by atoms with van der Waals surface area (Å²) < 4.78 is 2.01. The molecule has 29 heavy (non-hydrogen) atoms. The molecule has 0 radical (unpaired) electrons. The summed E-state index contributed by atoms with van der Waals surface area (Å²) in [6.45, 7) is 4.00. The molecule has 6 heteroatoms. The van der Waals surface area contributed by atoms with E-state index in [1.54, 1.807) is 0 Å². The van der Waals surface area contributed by atoms with Crippen LogP contribution in [0.4, 0.5) is 0 Å². The number of amides is 1. The van der Waals surface area contributed by atoms with Gasteiger partial charge in [-0.1, -0.05) is 53.7 Å².